The normalized spacial score (nSPS) is 55.4. The average Bonchev–Trinajstić information content (AvgIpc) is 2.67. The molecule has 1 saturated heterocycles. The second-order valence-corrected chi connectivity index (χ2v) is 4.33. The summed E-state index contributed by atoms with van der Waals surface area (Å²) in [5.74, 6) is -0.330. The van der Waals surface area contributed by atoms with Crippen LogP contribution in [0.1, 0.15) is 0 Å². The van der Waals surface area contributed by atoms with Crippen molar-refractivity contribution < 1.29 is 30.5 Å². The van der Waals surface area contributed by atoms with E-state index in [1.807, 2.05) is 12.4 Å². The zero-order valence-electron chi connectivity index (χ0n) is 8.52. The molecule has 6 heteroatoms. The maximum absolute atomic E-state index is 9.82. The molecule has 2 rings (SSSR count). The van der Waals surface area contributed by atoms with E-state index in [0.29, 0.717) is 6.61 Å². The van der Waals surface area contributed by atoms with Crippen LogP contribution in [-0.4, -0.2) is 70.6 Å². The Balaban J connectivity index is 2.21. The van der Waals surface area contributed by atoms with Crippen molar-refractivity contribution in [1.82, 2.24) is 0 Å². The summed E-state index contributed by atoms with van der Waals surface area (Å²) in [6.45, 7) is 0.416. The van der Waals surface area contributed by atoms with Gasteiger partial charge in [0.15, 0.2) is 0 Å². The van der Waals surface area contributed by atoms with Crippen LogP contribution in [-0.2, 0) is 4.74 Å². The number of quaternary nitrogens is 1. The topological polar surface area (TPSA) is 107 Å². The zero-order valence-corrected chi connectivity index (χ0v) is 8.52. The first kappa shape index (κ1) is 11.3. The zero-order chi connectivity index (χ0) is 11.2. The highest BCUT2D eigenvalue weighted by atomic mass is 16.5. The number of nitrogens with two attached hydrogens (primary N) is 1. The van der Waals surface area contributed by atoms with Gasteiger partial charge in [0, 0.05) is 0 Å². The number of hydrogen-bond donors (Lipinski definition) is 5. The lowest BCUT2D eigenvalue weighted by Crippen LogP contribution is -2.89. The molecule has 0 aromatic heterocycles. The van der Waals surface area contributed by atoms with Gasteiger partial charge < -0.3 is 30.5 Å². The predicted molar refractivity (Wildman–Crippen MR) is 48.9 cm³/mol. The van der Waals surface area contributed by atoms with E-state index in [1.165, 1.54) is 0 Å². The number of rotatable bonds is 1. The molecule has 0 unspecified atom stereocenters. The predicted octanol–water partition coefficient (Wildman–Crippen LogP) is -3.98. The minimum absolute atomic E-state index is 0.0156. The van der Waals surface area contributed by atoms with E-state index in [0.717, 1.165) is 0 Å². The van der Waals surface area contributed by atoms with Crippen molar-refractivity contribution in [1.29, 1.82) is 0 Å². The summed E-state index contributed by atoms with van der Waals surface area (Å²) in [6, 6.07) is 0.0156. The fraction of sp³-hybridized carbons (Fsp3) is 1.00. The first-order valence-corrected chi connectivity index (χ1v) is 5.21. The Hall–Kier alpha value is -0.240. The fourth-order valence-corrected chi connectivity index (χ4v) is 2.61. The smallest absolute Gasteiger partial charge is 0.117 e. The van der Waals surface area contributed by atoms with Crippen molar-refractivity contribution in [3.63, 3.8) is 0 Å². The Labute approximate surface area is 87.5 Å². The molecule has 0 radical (unpaired) electrons. The van der Waals surface area contributed by atoms with Gasteiger partial charge in [-0.1, -0.05) is 0 Å². The maximum atomic E-state index is 9.82. The molecular formula is C9H18NO5+. The van der Waals surface area contributed by atoms with E-state index < -0.39 is 30.5 Å². The first-order valence-electron chi connectivity index (χ1n) is 5.21. The number of fused-ring (bicyclic) bond motifs is 1. The summed E-state index contributed by atoms with van der Waals surface area (Å²) < 4.78 is 5.35. The molecular weight excluding hydrogens is 202 g/mol. The van der Waals surface area contributed by atoms with Crippen LogP contribution in [0.25, 0.3) is 0 Å². The van der Waals surface area contributed by atoms with Gasteiger partial charge in [0.2, 0.25) is 0 Å². The van der Waals surface area contributed by atoms with Gasteiger partial charge in [-0.2, -0.15) is 0 Å². The SMILES string of the molecule is C[NH2+][C@@H]1CO[C@@H]2[C@@H](O)[C@H](O)[C@@H](O)[C@H](O)[C@@H]21. The third-order valence-corrected chi connectivity index (χ3v) is 3.56. The average molecular weight is 220 g/mol. The Kier molecular flexibility index (Phi) is 2.98. The lowest BCUT2D eigenvalue weighted by molar-refractivity contribution is -0.668. The fourth-order valence-electron chi connectivity index (χ4n) is 2.61. The van der Waals surface area contributed by atoms with E-state index in [2.05, 4.69) is 0 Å². The Morgan fingerprint density at radius 3 is 2.20 bits per heavy atom. The van der Waals surface area contributed by atoms with Crippen LogP contribution >= 0.6 is 0 Å². The molecule has 6 nitrogen and oxygen atoms in total. The number of hydrogen-bond acceptors (Lipinski definition) is 5. The summed E-state index contributed by atoms with van der Waals surface area (Å²) in [4.78, 5) is 0. The lowest BCUT2D eigenvalue weighted by atomic mass is 9.76. The number of aliphatic hydroxyl groups excluding tert-OH is 4. The largest absolute Gasteiger partial charge is 0.390 e. The van der Waals surface area contributed by atoms with Gasteiger partial charge in [0.1, 0.15) is 24.4 Å². The van der Waals surface area contributed by atoms with Crippen LogP contribution in [0.2, 0.25) is 0 Å². The van der Waals surface area contributed by atoms with Crippen LogP contribution in [0.15, 0.2) is 0 Å². The summed E-state index contributed by atoms with van der Waals surface area (Å²) in [6.07, 6.45) is -5.39. The van der Waals surface area contributed by atoms with Gasteiger partial charge in [0.05, 0.1) is 31.8 Å². The van der Waals surface area contributed by atoms with Gasteiger partial charge in [-0.05, 0) is 0 Å². The molecule has 1 aliphatic heterocycles. The summed E-state index contributed by atoms with van der Waals surface area (Å²) in [5, 5.41) is 40.4. The molecule has 88 valence electrons. The number of aliphatic hydroxyl groups is 4. The molecule has 0 amide bonds. The molecule has 2 aliphatic rings. The van der Waals surface area contributed by atoms with Crippen molar-refractivity contribution in [3.8, 4) is 0 Å². The minimum atomic E-state index is -1.34. The number of likely N-dealkylation sites (N-methyl/N-ethyl adjacent to an activating group) is 1. The van der Waals surface area contributed by atoms with Crippen LogP contribution in [0.4, 0.5) is 0 Å². The highest BCUT2D eigenvalue weighted by molar-refractivity contribution is 5.03. The Bertz CT molecular complexity index is 239. The molecule has 7 atom stereocenters. The monoisotopic (exact) mass is 220 g/mol. The van der Waals surface area contributed by atoms with Crippen molar-refractivity contribution in [2.75, 3.05) is 13.7 Å². The van der Waals surface area contributed by atoms with E-state index >= 15 is 0 Å². The standard InChI is InChI=1S/C9H17NO5/c1-10-3-2-15-9-4(3)5(11)6(12)7(13)8(9)14/h3-14H,2H2,1H3/p+1/t3-,4+,5-,6+,7-,8+,9+/m1/s1. The van der Waals surface area contributed by atoms with Crippen molar-refractivity contribution in [3.05, 3.63) is 0 Å². The maximum Gasteiger partial charge on any atom is 0.117 e. The van der Waals surface area contributed by atoms with E-state index in [9.17, 15) is 20.4 Å². The molecule has 1 saturated carbocycles. The van der Waals surface area contributed by atoms with Gasteiger partial charge in [-0.15, -0.1) is 0 Å². The molecule has 1 heterocycles. The van der Waals surface area contributed by atoms with Crippen LogP contribution in [0.3, 0.4) is 0 Å². The van der Waals surface area contributed by atoms with Gasteiger partial charge in [-0.3, -0.25) is 0 Å². The van der Waals surface area contributed by atoms with E-state index in [1.54, 1.807) is 0 Å². The van der Waals surface area contributed by atoms with Gasteiger partial charge in [-0.25, -0.2) is 0 Å². The van der Waals surface area contributed by atoms with Crippen molar-refractivity contribution in [2.24, 2.45) is 5.92 Å². The second-order valence-electron chi connectivity index (χ2n) is 4.33. The van der Waals surface area contributed by atoms with Crippen molar-refractivity contribution >= 4 is 0 Å². The highest BCUT2D eigenvalue weighted by Crippen LogP contribution is 2.34. The Morgan fingerprint density at radius 2 is 1.60 bits per heavy atom. The third-order valence-electron chi connectivity index (χ3n) is 3.56. The number of ether oxygens (including phenoxy) is 1. The molecule has 0 aromatic carbocycles. The molecule has 1 aliphatic carbocycles. The summed E-state index contributed by atoms with van der Waals surface area (Å²) >= 11 is 0. The second kappa shape index (κ2) is 3.97. The molecule has 0 bridgehead atoms. The summed E-state index contributed by atoms with van der Waals surface area (Å²) in [7, 11) is 1.85. The van der Waals surface area contributed by atoms with Crippen LogP contribution in [0, 0.1) is 5.92 Å². The molecule has 15 heavy (non-hydrogen) atoms. The Morgan fingerprint density at radius 1 is 1.00 bits per heavy atom. The first-order chi connectivity index (χ1) is 7.07. The third kappa shape index (κ3) is 1.57. The van der Waals surface area contributed by atoms with E-state index in [-0.39, 0.29) is 12.0 Å². The molecule has 0 aromatic rings. The minimum Gasteiger partial charge on any atom is -0.390 e. The van der Waals surface area contributed by atoms with Crippen molar-refractivity contribution in [2.45, 2.75) is 36.6 Å². The molecule has 6 N–H and O–H groups in total. The van der Waals surface area contributed by atoms with Crippen LogP contribution in [0.5, 0.6) is 0 Å². The van der Waals surface area contributed by atoms with Gasteiger partial charge >= 0.3 is 0 Å². The lowest BCUT2D eigenvalue weighted by Gasteiger charge is -2.40. The highest BCUT2D eigenvalue weighted by Gasteiger charge is 2.56. The van der Waals surface area contributed by atoms with Crippen LogP contribution < -0.4 is 5.32 Å². The van der Waals surface area contributed by atoms with Gasteiger partial charge in [0.25, 0.3) is 0 Å². The van der Waals surface area contributed by atoms with E-state index in [4.69, 9.17) is 4.74 Å². The quantitative estimate of drug-likeness (QED) is 0.310. The molecule has 0 spiro atoms. The molecule has 2 fully saturated rings. The summed E-state index contributed by atoms with van der Waals surface area (Å²) in [5.41, 5.74) is 0.